The van der Waals surface area contributed by atoms with Gasteiger partial charge in [-0.1, -0.05) is 0 Å². The standard InChI is InChI=1S/C14H22N4/c1-2-18(10-11-3-4-11)14-16-8-12(9-17-14)7-15-13-5-6-13/h8-9,11,13,15H,2-7,10H2,1H3. The van der Waals surface area contributed by atoms with Gasteiger partial charge >= 0.3 is 0 Å². The largest absolute Gasteiger partial charge is 0.341 e. The molecule has 4 nitrogen and oxygen atoms in total. The highest BCUT2D eigenvalue weighted by Crippen LogP contribution is 2.30. The van der Waals surface area contributed by atoms with Gasteiger partial charge in [-0.05, 0) is 38.5 Å². The maximum Gasteiger partial charge on any atom is 0.225 e. The van der Waals surface area contributed by atoms with Crippen LogP contribution in [0.5, 0.6) is 0 Å². The second-order valence-corrected chi connectivity index (χ2v) is 5.53. The number of nitrogens with one attached hydrogen (secondary N) is 1. The fourth-order valence-electron chi connectivity index (χ4n) is 2.12. The lowest BCUT2D eigenvalue weighted by atomic mass is 10.3. The van der Waals surface area contributed by atoms with Crippen molar-refractivity contribution >= 4 is 5.95 Å². The molecule has 0 amide bonds. The molecule has 2 fully saturated rings. The molecule has 0 spiro atoms. The zero-order valence-corrected chi connectivity index (χ0v) is 11.1. The van der Waals surface area contributed by atoms with E-state index in [0.29, 0.717) is 0 Å². The van der Waals surface area contributed by atoms with Gasteiger partial charge in [-0.25, -0.2) is 9.97 Å². The number of nitrogens with zero attached hydrogens (tertiary/aromatic N) is 3. The summed E-state index contributed by atoms with van der Waals surface area (Å²) in [5, 5.41) is 3.48. The van der Waals surface area contributed by atoms with Gasteiger partial charge in [-0.2, -0.15) is 0 Å². The Kier molecular flexibility index (Phi) is 3.46. The van der Waals surface area contributed by atoms with E-state index < -0.39 is 0 Å². The molecule has 0 aliphatic heterocycles. The first-order chi connectivity index (χ1) is 8.85. The van der Waals surface area contributed by atoms with Crippen molar-refractivity contribution in [3.63, 3.8) is 0 Å². The van der Waals surface area contributed by atoms with Crippen molar-refractivity contribution < 1.29 is 0 Å². The second-order valence-electron chi connectivity index (χ2n) is 5.53. The summed E-state index contributed by atoms with van der Waals surface area (Å²) in [6.07, 6.45) is 9.33. The molecular weight excluding hydrogens is 224 g/mol. The Morgan fingerprint density at radius 2 is 1.94 bits per heavy atom. The van der Waals surface area contributed by atoms with Crippen LogP contribution in [-0.4, -0.2) is 29.1 Å². The van der Waals surface area contributed by atoms with Crippen molar-refractivity contribution in [1.82, 2.24) is 15.3 Å². The van der Waals surface area contributed by atoms with Crippen molar-refractivity contribution in [2.75, 3.05) is 18.0 Å². The highest BCUT2D eigenvalue weighted by molar-refractivity contribution is 5.30. The van der Waals surface area contributed by atoms with Crippen LogP contribution < -0.4 is 10.2 Å². The highest BCUT2D eigenvalue weighted by atomic mass is 15.2. The number of rotatable bonds is 7. The Hall–Kier alpha value is -1.16. The number of aromatic nitrogens is 2. The number of hydrogen-bond donors (Lipinski definition) is 1. The summed E-state index contributed by atoms with van der Waals surface area (Å²) < 4.78 is 0. The first-order valence-corrected chi connectivity index (χ1v) is 7.14. The first kappa shape index (κ1) is 11.9. The van der Waals surface area contributed by atoms with Gasteiger partial charge in [0.05, 0.1) is 0 Å². The van der Waals surface area contributed by atoms with Gasteiger partial charge in [0, 0.05) is 43.6 Å². The topological polar surface area (TPSA) is 41.1 Å². The van der Waals surface area contributed by atoms with Crippen LogP contribution in [0.1, 0.15) is 38.2 Å². The van der Waals surface area contributed by atoms with Gasteiger partial charge in [0.1, 0.15) is 0 Å². The van der Waals surface area contributed by atoms with E-state index in [1.807, 2.05) is 12.4 Å². The van der Waals surface area contributed by atoms with Gasteiger partial charge in [-0.15, -0.1) is 0 Å². The SMILES string of the molecule is CCN(CC1CC1)c1ncc(CNC2CC2)cn1. The Labute approximate surface area is 109 Å². The summed E-state index contributed by atoms with van der Waals surface area (Å²) in [5.74, 6) is 1.77. The molecule has 0 aromatic carbocycles. The minimum atomic E-state index is 0.742. The van der Waals surface area contributed by atoms with Crippen molar-refractivity contribution in [3.05, 3.63) is 18.0 Å². The van der Waals surface area contributed by atoms with Crippen LogP contribution in [0.2, 0.25) is 0 Å². The van der Waals surface area contributed by atoms with Crippen LogP contribution in [0.15, 0.2) is 12.4 Å². The molecule has 0 bridgehead atoms. The predicted octanol–water partition coefficient (Wildman–Crippen LogP) is 1.96. The normalized spacial score (nSPS) is 18.9. The average molecular weight is 246 g/mol. The van der Waals surface area contributed by atoms with Gasteiger partial charge in [0.15, 0.2) is 0 Å². The summed E-state index contributed by atoms with van der Waals surface area (Å²) in [4.78, 5) is 11.3. The van der Waals surface area contributed by atoms with Crippen LogP contribution in [0.4, 0.5) is 5.95 Å². The highest BCUT2D eigenvalue weighted by Gasteiger charge is 2.24. The van der Waals surface area contributed by atoms with Gasteiger partial charge in [0.2, 0.25) is 5.95 Å². The summed E-state index contributed by atoms with van der Waals surface area (Å²) >= 11 is 0. The second kappa shape index (κ2) is 5.22. The maximum absolute atomic E-state index is 4.50. The minimum absolute atomic E-state index is 0.742. The lowest BCUT2D eigenvalue weighted by Crippen LogP contribution is -2.27. The van der Waals surface area contributed by atoms with Crippen LogP contribution in [0.25, 0.3) is 0 Å². The fraction of sp³-hybridized carbons (Fsp3) is 0.714. The van der Waals surface area contributed by atoms with Gasteiger partial charge in [-0.3, -0.25) is 0 Å². The lowest BCUT2D eigenvalue weighted by Gasteiger charge is -2.20. The van der Waals surface area contributed by atoms with E-state index in [9.17, 15) is 0 Å². The third-order valence-corrected chi connectivity index (χ3v) is 3.70. The molecule has 4 heteroatoms. The molecule has 2 saturated carbocycles. The summed E-state index contributed by atoms with van der Waals surface area (Å²) in [7, 11) is 0. The van der Waals surface area contributed by atoms with E-state index >= 15 is 0 Å². The molecule has 1 heterocycles. The zero-order chi connectivity index (χ0) is 12.4. The van der Waals surface area contributed by atoms with E-state index in [-0.39, 0.29) is 0 Å². The van der Waals surface area contributed by atoms with Crippen LogP contribution in [0.3, 0.4) is 0 Å². The van der Waals surface area contributed by atoms with Crippen LogP contribution in [-0.2, 0) is 6.54 Å². The average Bonchev–Trinajstić information content (AvgIpc) is 3.28. The van der Waals surface area contributed by atoms with Gasteiger partial charge in [0.25, 0.3) is 0 Å². The molecule has 0 unspecified atom stereocenters. The van der Waals surface area contributed by atoms with Crippen molar-refractivity contribution in [1.29, 1.82) is 0 Å². The van der Waals surface area contributed by atoms with E-state index in [2.05, 4.69) is 27.1 Å². The Morgan fingerprint density at radius 3 is 2.50 bits per heavy atom. The van der Waals surface area contributed by atoms with Crippen molar-refractivity contribution in [3.8, 4) is 0 Å². The molecule has 3 rings (SSSR count). The van der Waals surface area contributed by atoms with Crippen LogP contribution >= 0.6 is 0 Å². The molecule has 2 aliphatic rings. The van der Waals surface area contributed by atoms with Gasteiger partial charge < -0.3 is 10.2 Å². The zero-order valence-electron chi connectivity index (χ0n) is 11.1. The predicted molar refractivity (Wildman–Crippen MR) is 72.5 cm³/mol. The van der Waals surface area contributed by atoms with E-state index in [1.54, 1.807) is 0 Å². The fourth-order valence-corrected chi connectivity index (χ4v) is 2.12. The monoisotopic (exact) mass is 246 g/mol. The van der Waals surface area contributed by atoms with E-state index in [1.165, 1.54) is 31.2 Å². The smallest absolute Gasteiger partial charge is 0.225 e. The molecular formula is C14H22N4. The Morgan fingerprint density at radius 1 is 1.22 bits per heavy atom. The Bertz CT molecular complexity index is 381. The summed E-state index contributed by atoms with van der Waals surface area (Å²) in [5.41, 5.74) is 1.19. The molecule has 98 valence electrons. The molecule has 18 heavy (non-hydrogen) atoms. The summed E-state index contributed by atoms with van der Waals surface area (Å²) in [6, 6.07) is 0.742. The molecule has 0 saturated heterocycles. The third-order valence-electron chi connectivity index (χ3n) is 3.70. The van der Waals surface area contributed by atoms with E-state index in [4.69, 9.17) is 0 Å². The van der Waals surface area contributed by atoms with E-state index in [0.717, 1.165) is 37.5 Å². The number of anilines is 1. The molecule has 2 aliphatic carbocycles. The third kappa shape index (κ3) is 3.19. The molecule has 0 radical (unpaired) electrons. The quantitative estimate of drug-likeness (QED) is 0.798. The molecule has 1 N–H and O–H groups in total. The number of hydrogen-bond acceptors (Lipinski definition) is 4. The molecule has 1 aromatic rings. The van der Waals surface area contributed by atoms with Crippen molar-refractivity contribution in [2.45, 2.75) is 45.2 Å². The Balaban J connectivity index is 1.57. The first-order valence-electron chi connectivity index (χ1n) is 7.14. The van der Waals surface area contributed by atoms with Crippen LogP contribution in [0, 0.1) is 5.92 Å². The molecule has 1 aromatic heterocycles. The molecule has 0 atom stereocenters. The minimum Gasteiger partial charge on any atom is -0.341 e. The van der Waals surface area contributed by atoms with Crippen molar-refractivity contribution in [2.24, 2.45) is 5.92 Å². The summed E-state index contributed by atoms with van der Waals surface area (Å²) in [6.45, 7) is 5.19. The lowest BCUT2D eigenvalue weighted by molar-refractivity contribution is 0.679. The maximum atomic E-state index is 4.50.